The zero-order valence-electron chi connectivity index (χ0n) is 6.87. The molecule has 0 aliphatic carbocycles. The number of fused-ring (bicyclic) bond motifs is 1. The lowest BCUT2D eigenvalue weighted by atomic mass is 10.3. The van der Waals surface area contributed by atoms with Gasteiger partial charge in [0.25, 0.3) is 0 Å². The third-order valence-corrected chi connectivity index (χ3v) is 2.59. The fraction of sp³-hybridized carbons (Fsp3) is 0.250. The van der Waals surface area contributed by atoms with E-state index in [-0.39, 0.29) is 5.78 Å². The van der Waals surface area contributed by atoms with Gasteiger partial charge in [0.15, 0.2) is 10.7 Å². The van der Waals surface area contributed by atoms with Gasteiger partial charge in [-0.2, -0.15) is 0 Å². The summed E-state index contributed by atoms with van der Waals surface area (Å²) in [6.45, 7) is 3.45. The number of aromatic nitrogens is 2. The average Bonchev–Trinajstić information content (AvgIpc) is 2.53. The number of hydrogen-bond acceptors (Lipinski definition) is 3. The molecule has 0 fully saturated rings. The summed E-state index contributed by atoms with van der Waals surface area (Å²) in [5.74, 6) is 0.0309. The van der Waals surface area contributed by atoms with E-state index in [4.69, 9.17) is 0 Å². The first-order valence-corrected chi connectivity index (χ1v) is 4.51. The van der Waals surface area contributed by atoms with E-state index in [0.29, 0.717) is 5.69 Å². The van der Waals surface area contributed by atoms with Gasteiger partial charge in [0.05, 0.1) is 5.69 Å². The van der Waals surface area contributed by atoms with Gasteiger partial charge in [-0.1, -0.05) is 0 Å². The van der Waals surface area contributed by atoms with E-state index in [9.17, 15) is 4.79 Å². The van der Waals surface area contributed by atoms with Crippen molar-refractivity contribution in [2.75, 3.05) is 0 Å². The van der Waals surface area contributed by atoms with Crippen LogP contribution in [0.25, 0.3) is 4.96 Å². The lowest BCUT2D eigenvalue weighted by molar-refractivity contribution is 0.101. The first-order chi connectivity index (χ1) is 5.70. The summed E-state index contributed by atoms with van der Waals surface area (Å²) in [7, 11) is 0. The van der Waals surface area contributed by atoms with Gasteiger partial charge in [0.2, 0.25) is 0 Å². The van der Waals surface area contributed by atoms with Crippen LogP contribution in [0.2, 0.25) is 0 Å². The molecular weight excluding hydrogens is 172 g/mol. The average molecular weight is 180 g/mol. The molecule has 0 spiro atoms. The molecule has 4 heteroatoms. The number of carbonyl (C=O) groups excluding carboxylic acids is 1. The minimum Gasteiger partial charge on any atom is -0.294 e. The van der Waals surface area contributed by atoms with E-state index in [1.54, 1.807) is 6.92 Å². The number of nitrogens with zero attached hydrogens (tertiary/aromatic N) is 2. The van der Waals surface area contributed by atoms with E-state index in [1.165, 1.54) is 11.3 Å². The van der Waals surface area contributed by atoms with Gasteiger partial charge in [-0.05, 0) is 6.92 Å². The Hall–Kier alpha value is -1.16. The van der Waals surface area contributed by atoms with Crippen LogP contribution in [0.1, 0.15) is 23.1 Å². The number of thiazole rings is 1. The topological polar surface area (TPSA) is 34.4 Å². The van der Waals surface area contributed by atoms with Crippen LogP contribution < -0.4 is 0 Å². The van der Waals surface area contributed by atoms with Crippen molar-refractivity contribution in [3.05, 3.63) is 23.0 Å². The standard InChI is InChI=1S/C8H8N2OS/c1-5-7(6(2)11)9-8-10(5)3-4-12-8/h3-4H,1-2H3. The lowest BCUT2D eigenvalue weighted by Gasteiger charge is -1.89. The zero-order chi connectivity index (χ0) is 8.72. The summed E-state index contributed by atoms with van der Waals surface area (Å²) in [5.41, 5.74) is 1.51. The molecule has 0 aromatic carbocycles. The second-order valence-corrected chi connectivity index (χ2v) is 3.53. The summed E-state index contributed by atoms with van der Waals surface area (Å²) in [6, 6.07) is 0. The molecule has 12 heavy (non-hydrogen) atoms. The summed E-state index contributed by atoms with van der Waals surface area (Å²) in [4.78, 5) is 16.2. The second-order valence-electron chi connectivity index (χ2n) is 2.66. The summed E-state index contributed by atoms with van der Waals surface area (Å²) >= 11 is 1.54. The summed E-state index contributed by atoms with van der Waals surface area (Å²) < 4.78 is 1.93. The molecule has 0 aliphatic rings. The Labute approximate surface area is 73.7 Å². The van der Waals surface area contributed by atoms with Crippen molar-refractivity contribution in [3.63, 3.8) is 0 Å². The summed E-state index contributed by atoms with van der Waals surface area (Å²) in [6.07, 6.45) is 1.93. The SMILES string of the molecule is CC(=O)c1nc2sccn2c1C. The van der Waals surface area contributed by atoms with Crippen molar-refractivity contribution in [3.8, 4) is 0 Å². The van der Waals surface area contributed by atoms with Gasteiger partial charge in [-0.25, -0.2) is 4.98 Å². The van der Waals surface area contributed by atoms with E-state index in [0.717, 1.165) is 10.7 Å². The molecule has 0 saturated heterocycles. The Balaban J connectivity index is 2.78. The highest BCUT2D eigenvalue weighted by molar-refractivity contribution is 7.15. The second kappa shape index (κ2) is 2.42. The molecule has 3 nitrogen and oxygen atoms in total. The molecule has 0 atom stereocenters. The van der Waals surface area contributed by atoms with Crippen LogP contribution in [-0.4, -0.2) is 15.2 Å². The van der Waals surface area contributed by atoms with Crippen LogP contribution in [0.3, 0.4) is 0 Å². The number of Topliss-reactive ketones (excluding diaryl/α,β-unsaturated/α-hetero) is 1. The predicted molar refractivity (Wildman–Crippen MR) is 47.8 cm³/mol. The molecule has 0 radical (unpaired) electrons. The maximum Gasteiger partial charge on any atom is 0.194 e. The molecule has 2 aromatic heterocycles. The number of hydrogen-bond donors (Lipinski definition) is 0. The molecule has 0 N–H and O–H groups in total. The molecule has 0 bridgehead atoms. The first kappa shape index (κ1) is 7.49. The molecule has 2 heterocycles. The Morgan fingerprint density at radius 3 is 3.00 bits per heavy atom. The maximum absolute atomic E-state index is 11.1. The molecule has 0 unspecified atom stereocenters. The van der Waals surface area contributed by atoms with E-state index >= 15 is 0 Å². The Morgan fingerprint density at radius 2 is 2.42 bits per heavy atom. The smallest absolute Gasteiger partial charge is 0.194 e. The van der Waals surface area contributed by atoms with Crippen molar-refractivity contribution < 1.29 is 4.79 Å². The normalized spacial score (nSPS) is 10.8. The third kappa shape index (κ3) is 0.881. The van der Waals surface area contributed by atoms with E-state index < -0.39 is 0 Å². The van der Waals surface area contributed by atoms with Gasteiger partial charge in [-0.3, -0.25) is 9.20 Å². The lowest BCUT2D eigenvalue weighted by Crippen LogP contribution is -1.95. The van der Waals surface area contributed by atoms with Gasteiger partial charge in [-0.15, -0.1) is 11.3 Å². The minimum absolute atomic E-state index is 0.0309. The number of imidazole rings is 1. The molecule has 62 valence electrons. The zero-order valence-corrected chi connectivity index (χ0v) is 7.68. The summed E-state index contributed by atoms with van der Waals surface area (Å²) in [5, 5.41) is 1.96. The number of ketones is 1. The minimum atomic E-state index is 0.0309. The van der Waals surface area contributed by atoms with Crippen LogP contribution in [0, 0.1) is 6.92 Å². The van der Waals surface area contributed by atoms with E-state index in [2.05, 4.69) is 4.98 Å². The van der Waals surface area contributed by atoms with Crippen molar-refractivity contribution in [1.82, 2.24) is 9.38 Å². The van der Waals surface area contributed by atoms with Crippen LogP contribution in [0.5, 0.6) is 0 Å². The van der Waals surface area contributed by atoms with Crippen LogP contribution in [0.15, 0.2) is 11.6 Å². The van der Waals surface area contributed by atoms with Gasteiger partial charge in [0, 0.05) is 18.5 Å². The van der Waals surface area contributed by atoms with Gasteiger partial charge < -0.3 is 0 Å². The highest BCUT2D eigenvalue weighted by Gasteiger charge is 2.11. The first-order valence-electron chi connectivity index (χ1n) is 3.63. The number of carbonyl (C=O) groups is 1. The van der Waals surface area contributed by atoms with Crippen LogP contribution in [-0.2, 0) is 0 Å². The van der Waals surface area contributed by atoms with Crippen molar-refractivity contribution >= 4 is 22.1 Å². The Morgan fingerprint density at radius 1 is 1.67 bits per heavy atom. The van der Waals surface area contributed by atoms with Crippen molar-refractivity contribution in [1.29, 1.82) is 0 Å². The number of rotatable bonds is 1. The fourth-order valence-electron chi connectivity index (χ4n) is 1.23. The largest absolute Gasteiger partial charge is 0.294 e. The maximum atomic E-state index is 11.1. The fourth-order valence-corrected chi connectivity index (χ4v) is 1.99. The number of aryl methyl sites for hydroxylation is 1. The Kier molecular flexibility index (Phi) is 1.51. The highest BCUT2D eigenvalue weighted by atomic mass is 32.1. The molecule has 0 aliphatic heterocycles. The van der Waals surface area contributed by atoms with Crippen LogP contribution >= 0.6 is 11.3 Å². The van der Waals surface area contributed by atoms with Gasteiger partial charge in [0.1, 0.15) is 5.69 Å². The van der Waals surface area contributed by atoms with Crippen molar-refractivity contribution in [2.45, 2.75) is 13.8 Å². The van der Waals surface area contributed by atoms with E-state index in [1.807, 2.05) is 22.9 Å². The third-order valence-electron chi connectivity index (χ3n) is 1.83. The molecular formula is C8H8N2OS. The monoisotopic (exact) mass is 180 g/mol. The van der Waals surface area contributed by atoms with Crippen molar-refractivity contribution in [2.24, 2.45) is 0 Å². The van der Waals surface area contributed by atoms with Crippen LogP contribution in [0.4, 0.5) is 0 Å². The molecule has 2 rings (SSSR count). The predicted octanol–water partition coefficient (Wildman–Crippen LogP) is 1.91. The molecule has 2 aromatic rings. The quantitative estimate of drug-likeness (QED) is 0.628. The molecule has 0 amide bonds. The molecule has 0 saturated carbocycles. The highest BCUT2D eigenvalue weighted by Crippen LogP contribution is 2.16. The Bertz CT molecular complexity index is 441. The van der Waals surface area contributed by atoms with Gasteiger partial charge >= 0.3 is 0 Å².